The van der Waals surface area contributed by atoms with Crippen molar-refractivity contribution >= 4 is 22.6 Å². The smallest absolute Gasteiger partial charge is 0.250 e. The maximum absolute atomic E-state index is 11.4. The van der Waals surface area contributed by atoms with Gasteiger partial charge in [0.25, 0.3) is 0 Å². The van der Waals surface area contributed by atoms with Crippen molar-refractivity contribution in [3.63, 3.8) is 0 Å². The number of hydrogen-bond acceptors (Lipinski definition) is 3. The summed E-state index contributed by atoms with van der Waals surface area (Å²) in [7, 11) is 0. The molecule has 0 saturated carbocycles. The van der Waals surface area contributed by atoms with Crippen molar-refractivity contribution in [1.29, 1.82) is 0 Å². The maximum atomic E-state index is 11.4. The van der Waals surface area contributed by atoms with E-state index in [9.17, 15) is 4.79 Å². The fraction of sp³-hybridized carbons (Fsp3) is 0.154. The van der Waals surface area contributed by atoms with E-state index in [-0.39, 0.29) is 11.9 Å². The summed E-state index contributed by atoms with van der Waals surface area (Å²) < 4.78 is 0. The average molecular weight is 225 g/mol. The molecule has 0 saturated heterocycles. The maximum Gasteiger partial charge on any atom is 0.250 e. The van der Waals surface area contributed by atoms with Crippen molar-refractivity contribution in [3.05, 3.63) is 42.1 Å². The molecule has 0 bridgehead atoms. The van der Waals surface area contributed by atoms with E-state index in [1.807, 2.05) is 36.4 Å². The average Bonchev–Trinajstić information content (AvgIpc) is 2.69. The van der Waals surface area contributed by atoms with Crippen molar-refractivity contribution in [2.75, 3.05) is 0 Å². The molecule has 3 rings (SSSR count). The molecule has 0 aliphatic carbocycles. The van der Waals surface area contributed by atoms with Gasteiger partial charge in [-0.05, 0) is 19.1 Å². The van der Waals surface area contributed by atoms with Crippen LogP contribution < -0.4 is 5.32 Å². The monoisotopic (exact) mass is 225 g/mol. The van der Waals surface area contributed by atoms with Crippen LogP contribution in [0.4, 0.5) is 0 Å². The molecule has 17 heavy (non-hydrogen) atoms. The lowest BCUT2D eigenvalue weighted by Gasteiger charge is -2.02. The molecule has 1 unspecified atom stereocenters. The van der Waals surface area contributed by atoms with Gasteiger partial charge in [0, 0.05) is 5.39 Å². The molecule has 1 aliphatic heterocycles. The minimum absolute atomic E-state index is 0.0741. The number of nitrogens with zero attached hydrogens (tertiary/aromatic N) is 2. The number of amides is 1. The fourth-order valence-electron chi connectivity index (χ4n) is 1.83. The van der Waals surface area contributed by atoms with Gasteiger partial charge < -0.3 is 5.32 Å². The molecule has 1 atom stereocenters. The largest absolute Gasteiger partial charge is 0.307 e. The van der Waals surface area contributed by atoms with Gasteiger partial charge in [-0.25, -0.2) is 4.98 Å². The van der Waals surface area contributed by atoms with E-state index in [1.54, 1.807) is 6.92 Å². The van der Waals surface area contributed by atoms with E-state index < -0.39 is 0 Å². The molecule has 84 valence electrons. The third-order valence-electron chi connectivity index (χ3n) is 2.78. The molecule has 1 N–H and O–H groups in total. The number of para-hydroxylation sites is 1. The van der Waals surface area contributed by atoms with Crippen molar-refractivity contribution in [1.82, 2.24) is 10.3 Å². The lowest BCUT2D eigenvalue weighted by atomic mass is 10.2. The van der Waals surface area contributed by atoms with Crippen LogP contribution in [-0.4, -0.2) is 22.8 Å². The van der Waals surface area contributed by atoms with Crippen LogP contribution in [0.25, 0.3) is 10.9 Å². The number of aromatic nitrogens is 1. The fourth-order valence-corrected chi connectivity index (χ4v) is 1.83. The number of carbonyl (C=O) groups excluding carboxylic acids is 1. The second kappa shape index (κ2) is 3.66. The van der Waals surface area contributed by atoms with Gasteiger partial charge in [0.15, 0.2) is 5.84 Å². The molecule has 4 nitrogen and oxygen atoms in total. The van der Waals surface area contributed by atoms with Crippen LogP contribution in [0.3, 0.4) is 0 Å². The molecule has 2 aromatic rings. The Hall–Kier alpha value is -2.23. The van der Waals surface area contributed by atoms with Gasteiger partial charge in [-0.1, -0.05) is 24.3 Å². The van der Waals surface area contributed by atoms with Crippen LogP contribution in [0.2, 0.25) is 0 Å². The van der Waals surface area contributed by atoms with E-state index in [2.05, 4.69) is 15.3 Å². The van der Waals surface area contributed by atoms with E-state index in [0.717, 1.165) is 10.9 Å². The summed E-state index contributed by atoms with van der Waals surface area (Å²) in [6, 6.07) is 11.4. The normalized spacial score (nSPS) is 19.2. The topological polar surface area (TPSA) is 54.4 Å². The molecule has 4 heteroatoms. The van der Waals surface area contributed by atoms with Gasteiger partial charge in [0.2, 0.25) is 5.91 Å². The molecular weight excluding hydrogens is 214 g/mol. The van der Waals surface area contributed by atoms with Gasteiger partial charge >= 0.3 is 0 Å². The van der Waals surface area contributed by atoms with E-state index in [1.165, 1.54) is 0 Å². The summed E-state index contributed by atoms with van der Waals surface area (Å²) >= 11 is 0. The summed E-state index contributed by atoms with van der Waals surface area (Å²) in [6.45, 7) is 1.77. The molecular formula is C13H11N3O. The minimum atomic E-state index is -0.321. The quantitative estimate of drug-likeness (QED) is 0.799. The van der Waals surface area contributed by atoms with Gasteiger partial charge in [-0.3, -0.25) is 9.79 Å². The number of amidine groups is 1. The Balaban J connectivity index is 2.07. The van der Waals surface area contributed by atoms with Gasteiger partial charge in [0.05, 0.1) is 5.52 Å². The van der Waals surface area contributed by atoms with Gasteiger partial charge in [-0.2, -0.15) is 0 Å². The van der Waals surface area contributed by atoms with E-state index in [0.29, 0.717) is 11.5 Å². The Morgan fingerprint density at radius 2 is 2.00 bits per heavy atom. The molecule has 1 aromatic heterocycles. The number of fused-ring (bicyclic) bond motifs is 1. The van der Waals surface area contributed by atoms with Crippen molar-refractivity contribution in [3.8, 4) is 0 Å². The summed E-state index contributed by atoms with van der Waals surface area (Å²) in [6.07, 6.45) is 0. The summed E-state index contributed by atoms with van der Waals surface area (Å²) in [4.78, 5) is 20.1. The molecule has 0 fully saturated rings. The highest BCUT2D eigenvalue weighted by molar-refractivity contribution is 6.13. The number of pyridine rings is 1. The number of nitrogens with one attached hydrogen (secondary N) is 1. The number of carbonyl (C=O) groups is 1. The predicted molar refractivity (Wildman–Crippen MR) is 65.9 cm³/mol. The van der Waals surface area contributed by atoms with Gasteiger partial charge in [0.1, 0.15) is 11.7 Å². The summed E-state index contributed by atoms with van der Waals surface area (Å²) in [5.41, 5.74) is 1.61. The highest BCUT2D eigenvalue weighted by atomic mass is 16.2. The van der Waals surface area contributed by atoms with E-state index in [4.69, 9.17) is 0 Å². The molecule has 0 spiro atoms. The van der Waals surface area contributed by atoms with Crippen LogP contribution in [0.5, 0.6) is 0 Å². The number of aliphatic imine (C=N–C) groups is 1. The van der Waals surface area contributed by atoms with Crippen LogP contribution >= 0.6 is 0 Å². The van der Waals surface area contributed by atoms with Crippen LogP contribution in [-0.2, 0) is 4.79 Å². The second-order valence-corrected chi connectivity index (χ2v) is 4.03. The summed E-state index contributed by atoms with van der Waals surface area (Å²) in [5, 5.41) is 3.81. The Morgan fingerprint density at radius 3 is 2.76 bits per heavy atom. The zero-order chi connectivity index (χ0) is 11.8. The Bertz CT molecular complexity index is 633. The Labute approximate surface area is 98.4 Å². The predicted octanol–water partition coefficient (Wildman–Crippen LogP) is 1.50. The SMILES string of the molecule is CC1N=C(c2ccc3ccccc3n2)NC1=O. The Kier molecular flexibility index (Phi) is 2.14. The standard InChI is InChI=1S/C13H11N3O/c1-8-13(17)16-12(14-8)11-7-6-9-4-2-3-5-10(9)15-11/h2-8H,1H3,(H,14,16,17). The lowest BCUT2D eigenvalue weighted by molar-refractivity contribution is -0.119. The first-order valence-corrected chi connectivity index (χ1v) is 5.49. The first-order chi connectivity index (χ1) is 8.24. The van der Waals surface area contributed by atoms with Crippen molar-refractivity contribution in [2.24, 2.45) is 4.99 Å². The zero-order valence-corrected chi connectivity index (χ0v) is 9.34. The number of rotatable bonds is 1. The van der Waals surface area contributed by atoms with Crippen molar-refractivity contribution in [2.45, 2.75) is 13.0 Å². The minimum Gasteiger partial charge on any atom is -0.307 e. The molecule has 2 heterocycles. The van der Waals surface area contributed by atoms with E-state index >= 15 is 0 Å². The third kappa shape index (κ3) is 1.67. The number of benzene rings is 1. The zero-order valence-electron chi connectivity index (χ0n) is 9.34. The molecule has 1 aliphatic rings. The highest BCUT2D eigenvalue weighted by Gasteiger charge is 2.23. The lowest BCUT2D eigenvalue weighted by Crippen LogP contribution is -2.28. The second-order valence-electron chi connectivity index (χ2n) is 4.03. The van der Waals surface area contributed by atoms with Crippen LogP contribution in [0.1, 0.15) is 12.6 Å². The Morgan fingerprint density at radius 1 is 1.18 bits per heavy atom. The molecule has 1 amide bonds. The van der Waals surface area contributed by atoms with Gasteiger partial charge in [-0.15, -0.1) is 0 Å². The van der Waals surface area contributed by atoms with Crippen molar-refractivity contribution < 1.29 is 4.79 Å². The highest BCUT2D eigenvalue weighted by Crippen LogP contribution is 2.13. The van der Waals surface area contributed by atoms with Crippen LogP contribution in [0, 0.1) is 0 Å². The third-order valence-corrected chi connectivity index (χ3v) is 2.78. The number of hydrogen-bond donors (Lipinski definition) is 1. The first-order valence-electron chi connectivity index (χ1n) is 5.49. The van der Waals surface area contributed by atoms with Crippen LogP contribution in [0.15, 0.2) is 41.4 Å². The molecule has 1 aromatic carbocycles. The summed E-state index contributed by atoms with van der Waals surface area (Å²) in [5.74, 6) is 0.489. The first kappa shape index (κ1) is 9.96. The molecule has 0 radical (unpaired) electrons.